The molecule has 4 atom stereocenters. The lowest BCUT2D eigenvalue weighted by molar-refractivity contribution is -0.140. The maximum absolute atomic E-state index is 11.7. The molecule has 1 aromatic rings. The van der Waals surface area contributed by atoms with Gasteiger partial charge in [0.1, 0.15) is 0 Å². The number of carbonyl (C=O) groups is 1. The fourth-order valence-corrected chi connectivity index (χ4v) is 5.43. The number of methoxy groups -OCH3 is 1. The second-order valence-corrected chi connectivity index (χ2v) is 11.1. The molecule has 9 heteroatoms. The molecule has 2 aliphatic rings. The van der Waals surface area contributed by atoms with E-state index in [0.717, 1.165) is 37.9 Å². The molecule has 1 N–H and O–H groups in total. The van der Waals surface area contributed by atoms with E-state index < -0.39 is 15.9 Å². The van der Waals surface area contributed by atoms with Crippen molar-refractivity contribution in [1.82, 2.24) is 4.90 Å². The smallest absolute Gasteiger partial charge is 0.305 e. The minimum Gasteiger partial charge on any atom is -0.469 e. The molecule has 8 nitrogen and oxygen atoms in total. The fourth-order valence-electron chi connectivity index (χ4n) is 4.80. The van der Waals surface area contributed by atoms with Gasteiger partial charge in [-0.3, -0.25) is 9.69 Å². The molecule has 0 spiro atoms. The Balaban J connectivity index is 1.62. The number of aliphatic hydroxyl groups excluding tert-OH is 1. The van der Waals surface area contributed by atoms with Gasteiger partial charge in [0.25, 0.3) is 0 Å². The number of ether oxygens (including phenoxy) is 3. The van der Waals surface area contributed by atoms with E-state index >= 15 is 0 Å². The maximum Gasteiger partial charge on any atom is 0.305 e. The molecule has 1 saturated heterocycles. The van der Waals surface area contributed by atoms with Crippen LogP contribution in [0.3, 0.4) is 0 Å². The van der Waals surface area contributed by atoms with Crippen molar-refractivity contribution in [1.29, 1.82) is 0 Å². The molecule has 0 amide bonds. The van der Waals surface area contributed by atoms with Crippen LogP contribution in [0.1, 0.15) is 37.7 Å². The first kappa shape index (κ1) is 26.8. The summed E-state index contributed by atoms with van der Waals surface area (Å²) in [6, 6.07) is 6.75. The van der Waals surface area contributed by atoms with Gasteiger partial charge < -0.3 is 19.3 Å². The van der Waals surface area contributed by atoms with Gasteiger partial charge in [0, 0.05) is 44.1 Å². The molecule has 1 heterocycles. The van der Waals surface area contributed by atoms with E-state index in [9.17, 15) is 18.3 Å². The molecular weight excluding hydrogens is 458 g/mol. The second-order valence-electron chi connectivity index (χ2n) is 9.05. The summed E-state index contributed by atoms with van der Waals surface area (Å²) in [5.41, 5.74) is 0.897. The Kier molecular flexibility index (Phi) is 10.1. The van der Waals surface area contributed by atoms with E-state index in [1.807, 2.05) is 0 Å². The van der Waals surface area contributed by atoms with Gasteiger partial charge >= 0.3 is 5.97 Å². The number of benzene rings is 1. The average Bonchev–Trinajstić information content (AvgIpc) is 3.14. The SMILES string of the molecule is COC(=O)CCCC=CC[C@@H]1[C@@H](N2CCOCC2)[C@H](O)C[C@@H]1OCc1ccc(S(C)(=O)=O)cc1. The Labute approximate surface area is 202 Å². The van der Waals surface area contributed by atoms with Crippen molar-refractivity contribution in [3.05, 3.63) is 42.0 Å². The van der Waals surface area contributed by atoms with Gasteiger partial charge in [0.2, 0.25) is 0 Å². The summed E-state index contributed by atoms with van der Waals surface area (Å²) in [7, 11) is -1.83. The topological polar surface area (TPSA) is 102 Å². The third-order valence-corrected chi connectivity index (χ3v) is 7.75. The molecule has 0 bridgehead atoms. The maximum atomic E-state index is 11.7. The standard InChI is InChI=1S/C25H37NO7S/c1-31-24(28)8-6-4-3-5-7-21-23(17-22(27)25(21)26-13-15-32-16-14-26)33-18-19-9-11-20(12-10-19)34(2,29)30/h3,5,9-12,21-23,25,27H,4,6-8,13-18H2,1-2H3/t21-,22+,23-,25+/m0/s1. The summed E-state index contributed by atoms with van der Waals surface area (Å²) in [6.07, 6.45) is 8.10. The number of hydrogen-bond acceptors (Lipinski definition) is 8. The summed E-state index contributed by atoms with van der Waals surface area (Å²) in [4.78, 5) is 13.9. The number of allylic oxidation sites excluding steroid dienone is 2. The predicted molar refractivity (Wildman–Crippen MR) is 128 cm³/mol. The van der Waals surface area contributed by atoms with Crippen molar-refractivity contribution in [3.63, 3.8) is 0 Å². The number of aliphatic hydroxyl groups is 1. The van der Waals surface area contributed by atoms with Crippen molar-refractivity contribution in [2.45, 2.75) is 61.9 Å². The molecule has 0 unspecified atom stereocenters. The molecular formula is C25H37NO7S. The van der Waals surface area contributed by atoms with Crippen LogP contribution in [0, 0.1) is 5.92 Å². The highest BCUT2D eigenvalue weighted by Gasteiger charge is 2.45. The van der Waals surface area contributed by atoms with Crippen LogP contribution >= 0.6 is 0 Å². The molecule has 3 rings (SSSR count). The Morgan fingerprint density at radius 3 is 2.56 bits per heavy atom. The quantitative estimate of drug-likeness (QED) is 0.284. The first-order valence-corrected chi connectivity index (χ1v) is 13.8. The zero-order chi connectivity index (χ0) is 24.6. The number of rotatable bonds is 11. The summed E-state index contributed by atoms with van der Waals surface area (Å²) < 4.78 is 39.8. The molecule has 1 aromatic carbocycles. The monoisotopic (exact) mass is 495 g/mol. The van der Waals surface area contributed by atoms with Crippen molar-refractivity contribution < 1.29 is 32.5 Å². The molecule has 190 valence electrons. The van der Waals surface area contributed by atoms with Gasteiger partial charge in [-0.25, -0.2) is 8.42 Å². The normalized spacial score (nSPS) is 26.2. The lowest BCUT2D eigenvalue weighted by Gasteiger charge is -2.37. The van der Waals surface area contributed by atoms with E-state index in [4.69, 9.17) is 9.47 Å². The average molecular weight is 496 g/mol. The number of sulfone groups is 1. The minimum atomic E-state index is -3.23. The van der Waals surface area contributed by atoms with Crippen LogP contribution < -0.4 is 0 Å². The first-order chi connectivity index (χ1) is 16.3. The number of esters is 1. The number of hydrogen-bond donors (Lipinski definition) is 1. The van der Waals surface area contributed by atoms with Crippen LogP contribution in [0.4, 0.5) is 0 Å². The Hall–Kier alpha value is -1.78. The molecule has 1 aliphatic heterocycles. The number of carbonyl (C=O) groups excluding carboxylic acids is 1. The summed E-state index contributed by atoms with van der Waals surface area (Å²) in [5.74, 6) is -0.0713. The Morgan fingerprint density at radius 1 is 1.21 bits per heavy atom. The van der Waals surface area contributed by atoms with Gasteiger partial charge in [-0.2, -0.15) is 0 Å². The lowest BCUT2D eigenvalue weighted by atomic mass is 9.94. The third-order valence-electron chi connectivity index (χ3n) is 6.62. The van der Waals surface area contributed by atoms with Crippen LogP contribution in [0.5, 0.6) is 0 Å². The lowest BCUT2D eigenvalue weighted by Crippen LogP contribution is -2.50. The van der Waals surface area contributed by atoms with Gasteiger partial charge in [-0.05, 0) is 37.0 Å². The zero-order valence-electron chi connectivity index (χ0n) is 20.1. The molecule has 1 saturated carbocycles. The predicted octanol–water partition coefficient (Wildman–Crippen LogP) is 2.35. The van der Waals surface area contributed by atoms with E-state index in [-0.39, 0.29) is 28.9 Å². The molecule has 34 heavy (non-hydrogen) atoms. The highest BCUT2D eigenvalue weighted by atomic mass is 32.2. The van der Waals surface area contributed by atoms with E-state index in [0.29, 0.717) is 32.7 Å². The van der Waals surface area contributed by atoms with Gasteiger partial charge in [-0.1, -0.05) is 24.3 Å². The number of morpholine rings is 1. The van der Waals surface area contributed by atoms with E-state index in [1.54, 1.807) is 24.3 Å². The van der Waals surface area contributed by atoms with Crippen molar-refractivity contribution in [2.24, 2.45) is 5.92 Å². The van der Waals surface area contributed by atoms with E-state index in [1.165, 1.54) is 13.4 Å². The molecule has 0 radical (unpaired) electrons. The number of nitrogens with zero attached hydrogens (tertiary/aromatic N) is 1. The van der Waals surface area contributed by atoms with Crippen LogP contribution in [0.15, 0.2) is 41.3 Å². The third kappa shape index (κ3) is 7.61. The van der Waals surface area contributed by atoms with Crippen molar-refractivity contribution in [2.75, 3.05) is 39.7 Å². The molecule has 0 aromatic heterocycles. The highest BCUT2D eigenvalue weighted by Crippen LogP contribution is 2.36. The largest absolute Gasteiger partial charge is 0.469 e. The van der Waals surface area contributed by atoms with Crippen molar-refractivity contribution in [3.8, 4) is 0 Å². The minimum absolute atomic E-state index is 0.00114. The molecule has 1 aliphatic carbocycles. The fraction of sp³-hybridized carbons (Fsp3) is 0.640. The summed E-state index contributed by atoms with van der Waals surface area (Å²) >= 11 is 0. The van der Waals surface area contributed by atoms with Gasteiger partial charge in [-0.15, -0.1) is 0 Å². The first-order valence-electron chi connectivity index (χ1n) is 11.9. The van der Waals surface area contributed by atoms with Crippen LogP contribution in [0.2, 0.25) is 0 Å². The van der Waals surface area contributed by atoms with Crippen LogP contribution in [-0.2, 0) is 35.4 Å². The van der Waals surface area contributed by atoms with Crippen molar-refractivity contribution >= 4 is 15.8 Å². The second kappa shape index (κ2) is 12.8. The van der Waals surface area contributed by atoms with Crippen LogP contribution in [0.25, 0.3) is 0 Å². The zero-order valence-corrected chi connectivity index (χ0v) is 20.9. The van der Waals surface area contributed by atoms with Gasteiger partial charge in [0.05, 0.1) is 44.0 Å². The Morgan fingerprint density at radius 2 is 1.91 bits per heavy atom. The number of unbranched alkanes of at least 4 members (excludes halogenated alkanes) is 1. The Bertz CT molecular complexity index is 910. The van der Waals surface area contributed by atoms with E-state index in [2.05, 4.69) is 21.8 Å². The molecule has 2 fully saturated rings. The summed E-state index contributed by atoms with van der Waals surface area (Å²) in [6.45, 7) is 3.27. The van der Waals surface area contributed by atoms with Crippen LogP contribution in [-0.4, -0.2) is 82.3 Å². The van der Waals surface area contributed by atoms with Gasteiger partial charge in [0.15, 0.2) is 9.84 Å². The highest BCUT2D eigenvalue weighted by molar-refractivity contribution is 7.90. The summed E-state index contributed by atoms with van der Waals surface area (Å²) in [5, 5.41) is 10.9.